The summed E-state index contributed by atoms with van der Waals surface area (Å²) in [5.74, 6) is 1.49. The molecule has 0 fully saturated rings. The summed E-state index contributed by atoms with van der Waals surface area (Å²) >= 11 is 3.59. The second kappa shape index (κ2) is 12.3. The predicted octanol–water partition coefficient (Wildman–Crippen LogP) is 6.78. The Kier molecular flexibility index (Phi) is 8.64. The molecule has 0 aliphatic heterocycles. The van der Waals surface area contributed by atoms with Gasteiger partial charge in [-0.15, -0.1) is 5.76 Å². The zero-order valence-corrected chi connectivity index (χ0v) is 22.2. The number of rotatable bonds is 10. The minimum absolute atomic E-state index is 0.0658. The molecule has 0 aliphatic carbocycles. The number of allylic oxidation sites excluding steroid dienone is 2. The van der Waals surface area contributed by atoms with Gasteiger partial charge < -0.3 is 19.3 Å². The molecule has 0 radical (unpaired) electrons. The number of hydrogen-bond donors (Lipinski definition) is 1. The van der Waals surface area contributed by atoms with Crippen molar-refractivity contribution in [1.82, 2.24) is 0 Å². The van der Waals surface area contributed by atoms with E-state index in [0.29, 0.717) is 46.1 Å². The van der Waals surface area contributed by atoms with Crippen molar-refractivity contribution in [3.05, 3.63) is 130 Å². The second-order valence-electron chi connectivity index (χ2n) is 8.36. The fourth-order valence-electron chi connectivity index (χ4n) is 3.85. The van der Waals surface area contributed by atoms with Gasteiger partial charge >= 0.3 is 0 Å². The van der Waals surface area contributed by atoms with Crippen LogP contribution in [-0.4, -0.2) is 12.8 Å². The van der Waals surface area contributed by atoms with Gasteiger partial charge in [0, 0.05) is 11.6 Å². The van der Waals surface area contributed by atoms with Crippen LogP contribution >= 0.6 is 15.9 Å². The summed E-state index contributed by atoms with van der Waals surface area (Å²) in [6.07, 6.45) is 0. The minimum Gasteiger partial charge on any atom is -0.875 e. The molecule has 0 spiro atoms. The summed E-state index contributed by atoms with van der Waals surface area (Å²) in [5, 5.41) is 21.8. The van der Waals surface area contributed by atoms with Crippen LogP contribution in [0.2, 0.25) is 0 Å². The first-order chi connectivity index (χ1) is 18.0. The van der Waals surface area contributed by atoms with Crippen molar-refractivity contribution >= 4 is 27.2 Å². The predicted molar refractivity (Wildman–Crippen MR) is 148 cm³/mol. The van der Waals surface area contributed by atoms with Crippen LogP contribution in [0.25, 0.3) is 5.57 Å². The molecule has 0 atom stereocenters. The highest BCUT2D eigenvalue weighted by Crippen LogP contribution is 2.37. The first kappa shape index (κ1) is 26.0. The van der Waals surface area contributed by atoms with E-state index in [9.17, 15) is 5.11 Å². The Morgan fingerprint density at radius 2 is 1.32 bits per heavy atom. The summed E-state index contributed by atoms with van der Waals surface area (Å²) in [6, 6.07) is 30.3. The van der Waals surface area contributed by atoms with E-state index in [1.54, 1.807) is 43.5 Å². The van der Waals surface area contributed by atoms with Gasteiger partial charge in [-0.3, -0.25) is 5.41 Å². The number of halogens is 1. The molecule has 0 saturated carbocycles. The maximum absolute atomic E-state index is 12.7. The first-order valence-electron chi connectivity index (χ1n) is 11.7. The molecule has 0 aromatic heterocycles. The first-order valence-corrected chi connectivity index (χ1v) is 12.5. The number of benzene rings is 4. The van der Waals surface area contributed by atoms with E-state index in [-0.39, 0.29) is 17.0 Å². The van der Waals surface area contributed by atoms with Gasteiger partial charge in [-0.2, -0.15) is 0 Å². The highest BCUT2D eigenvalue weighted by Gasteiger charge is 2.19. The van der Waals surface area contributed by atoms with E-state index >= 15 is 0 Å². The van der Waals surface area contributed by atoms with Gasteiger partial charge in [0.2, 0.25) is 0 Å². The van der Waals surface area contributed by atoms with E-state index in [0.717, 1.165) is 11.1 Å². The Labute approximate surface area is 225 Å². The molecule has 6 heteroatoms. The molecule has 5 nitrogen and oxygen atoms in total. The summed E-state index contributed by atoms with van der Waals surface area (Å²) in [4.78, 5) is 0. The topological polar surface area (TPSA) is 74.6 Å². The zero-order chi connectivity index (χ0) is 26.2. The second-order valence-corrected chi connectivity index (χ2v) is 9.22. The molecule has 0 aliphatic rings. The molecular formula is C31H27BrNO4-. The molecule has 0 amide bonds. The molecule has 1 N–H and O–H groups in total. The molecule has 0 bridgehead atoms. The van der Waals surface area contributed by atoms with Crippen LogP contribution < -0.4 is 19.3 Å². The van der Waals surface area contributed by atoms with Gasteiger partial charge in [0.05, 0.1) is 17.3 Å². The Bertz CT molecular complexity index is 1380. The lowest BCUT2D eigenvalue weighted by atomic mass is 9.94. The van der Waals surface area contributed by atoms with E-state index < -0.39 is 0 Å². The standard InChI is InChI=1S/C31H28BrNO4/c1-21(34)30(24-13-15-25(35-2)16-14-24)31(33)26-17-27(32)29(37-20-23-11-7-4-8-12-23)18-28(26)36-19-22-9-5-3-6-10-22/h3-18,33-34H,19-20H2,1-2H3/p-1/b30-21-,33-31?. The van der Waals surface area contributed by atoms with Crippen LogP contribution in [0, 0.1) is 5.41 Å². The maximum atomic E-state index is 12.7. The molecular weight excluding hydrogens is 530 g/mol. The van der Waals surface area contributed by atoms with E-state index in [2.05, 4.69) is 15.9 Å². The van der Waals surface area contributed by atoms with Crippen LogP contribution in [0.4, 0.5) is 0 Å². The Balaban J connectivity index is 1.70. The van der Waals surface area contributed by atoms with Crippen molar-refractivity contribution in [2.24, 2.45) is 0 Å². The molecule has 188 valence electrons. The molecule has 4 aromatic rings. The number of ether oxygens (including phenoxy) is 3. The van der Waals surface area contributed by atoms with Gasteiger partial charge in [-0.1, -0.05) is 79.7 Å². The smallest absolute Gasteiger partial charge is 0.137 e. The average Bonchev–Trinajstić information content (AvgIpc) is 2.93. The lowest BCUT2D eigenvalue weighted by Crippen LogP contribution is -2.13. The number of methoxy groups -OCH3 is 1. The monoisotopic (exact) mass is 556 g/mol. The van der Waals surface area contributed by atoms with Gasteiger partial charge in [-0.25, -0.2) is 0 Å². The zero-order valence-electron chi connectivity index (χ0n) is 20.7. The molecule has 4 rings (SSSR count). The SMILES string of the molecule is COc1ccc(/C(C(=N)c2cc(Br)c(OCc3ccccc3)cc2OCc2ccccc2)=C(\C)[O-])cc1. The van der Waals surface area contributed by atoms with Crippen LogP contribution in [0.5, 0.6) is 17.2 Å². The Morgan fingerprint density at radius 3 is 1.84 bits per heavy atom. The molecule has 0 unspecified atom stereocenters. The Morgan fingerprint density at radius 1 is 0.784 bits per heavy atom. The van der Waals surface area contributed by atoms with Crippen molar-refractivity contribution in [3.63, 3.8) is 0 Å². The molecule has 0 saturated heterocycles. The largest absolute Gasteiger partial charge is 0.875 e. The summed E-state index contributed by atoms with van der Waals surface area (Å²) < 4.78 is 18.2. The summed E-state index contributed by atoms with van der Waals surface area (Å²) in [7, 11) is 1.59. The lowest BCUT2D eigenvalue weighted by Gasteiger charge is -2.21. The van der Waals surface area contributed by atoms with Crippen molar-refractivity contribution in [2.75, 3.05) is 7.11 Å². The van der Waals surface area contributed by atoms with E-state index in [4.69, 9.17) is 19.6 Å². The van der Waals surface area contributed by atoms with Gasteiger partial charge in [0.15, 0.2) is 0 Å². The van der Waals surface area contributed by atoms with Crippen molar-refractivity contribution < 1.29 is 19.3 Å². The van der Waals surface area contributed by atoms with Crippen LogP contribution in [0.15, 0.2) is 107 Å². The van der Waals surface area contributed by atoms with Crippen molar-refractivity contribution in [1.29, 1.82) is 5.41 Å². The van der Waals surface area contributed by atoms with Gasteiger partial charge in [-0.05, 0) is 56.4 Å². The van der Waals surface area contributed by atoms with Crippen LogP contribution in [0.3, 0.4) is 0 Å². The van der Waals surface area contributed by atoms with Crippen LogP contribution in [-0.2, 0) is 13.2 Å². The number of nitrogens with one attached hydrogen (secondary N) is 1. The van der Waals surface area contributed by atoms with Gasteiger partial charge in [0.1, 0.15) is 30.5 Å². The molecule has 0 heterocycles. The minimum atomic E-state index is -0.218. The third kappa shape index (κ3) is 6.60. The number of hydrogen-bond acceptors (Lipinski definition) is 5. The Hall–Kier alpha value is -4.03. The van der Waals surface area contributed by atoms with Gasteiger partial charge in [0.25, 0.3) is 0 Å². The molecule has 37 heavy (non-hydrogen) atoms. The fourth-order valence-corrected chi connectivity index (χ4v) is 4.30. The molecule has 4 aromatic carbocycles. The summed E-state index contributed by atoms with van der Waals surface area (Å²) in [5.41, 5.74) is 3.49. The third-order valence-corrected chi connectivity index (χ3v) is 6.38. The normalized spacial score (nSPS) is 11.4. The summed E-state index contributed by atoms with van der Waals surface area (Å²) in [6.45, 7) is 2.15. The van der Waals surface area contributed by atoms with Crippen molar-refractivity contribution in [3.8, 4) is 17.2 Å². The van der Waals surface area contributed by atoms with Crippen molar-refractivity contribution in [2.45, 2.75) is 20.1 Å². The average molecular weight is 557 g/mol. The quantitative estimate of drug-likeness (QED) is 0.172. The highest BCUT2D eigenvalue weighted by atomic mass is 79.9. The van der Waals surface area contributed by atoms with E-state index in [1.165, 1.54) is 6.92 Å². The van der Waals surface area contributed by atoms with E-state index in [1.807, 2.05) is 60.7 Å². The lowest BCUT2D eigenvalue weighted by molar-refractivity contribution is -0.300. The fraction of sp³-hybridized carbons (Fsp3) is 0.129. The highest BCUT2D eigenvalue weighted by molar-refractivity contribution is 9.10. The third-order valence-electron chi connectivity index (χ3n) is 5.76. The van der Waals surface area contributed by atoms with Crippen LogP contribution in [0.1, 0.15) is 29.2 Å². The maximum Gasteiger partial charge on any atom is 0.137 e.